The van der Waals surface area contributed by atoms with Gasteiger partial charge in [0.05, 0.1) is 32.4 Å². The highest BCUT2D eigenvalue weighted by molar-refractivity contribution is 5.94. The summed E-state index contributed by atoms with van der Waals surface area (Å²) in [6, 6.07) is 13.4. The number of rotatable bonds is 8. The van der Waals surface area contributed by atoms with Crippen molar-refractivity contribution < 1.29 is 19.0 Å². The number of benzene rings is 2. The number of carbonyl (C=O) groups is 1. The van der Waals surface area contributed by atoms with Gasteiger partial charge >= 0.3 is 0 Å². The Balaban J connectivity index is 1.75. The average Bonchev–Trinajstić information content (AvgIpc) is 3.18. The highest BCUT2D eigenvalue weighted by Gasteiger charge is 2.26. The van der Waals surface area contributed by atoms with Gasteiger partial charge in [-0.3, -0.25) is 9.79 Å². The Kier molecular flexibility index (Phi) is 6.95. The normalized spacial score (nSPS) is 14.9. The van der Waals surface area contributed by atoms with E-state index < -0.39 is 0 Å². The van der Waals surface area contributed by atoms with E-state index in [1.807, 2.05) is 36.6 Å². The molecule has 1 atom stereocenters. The third kappa shape index (κ3) is 5.01. The van der Waals surface area contributed by atoms with E-state index in [-0.39, 0.29) is 37.2 Å². The van der Waals surface area contributed by atoms with Crippen molar-refractivity contribution in [2.75, 3.05) is 19.0 Å². The molecule has 4 rings (SSSR count). The molecule has 170 valence electrons. The van der Waals surface area contributed by atoms with Crippen LogP contribution in [-0.4, -0.2) is 40.7 Å². The van der Waals surface area contributed by atoms with Gasteiger partial charge in [0.15, 0.2) is 0 Å². The van der Waals surface area contributed by atoms with Crippen molar-refractivity contribution in [3.05, 3.63) is 77.8 Å². The van der Waals surface area contributed by atoms with Gasteiger partial charge in [0.2, 0.25) is 5.91 Å². The maximum absolute atomic E-state index is 13.5. The molecule has 0 radical (unpaired) electrons. The number of nitrogens with zero attached hydrogens (tertiary/aromatic N) is 3. The van der Waals surface area contributed by atoms with Crippen LogP contribution in [0.2, 0.25) is 0 Å². The molecule has 0 spiro atoms. The molecule has 2 aromatic carbocycles. The maximum Gasteiger partial charge on any atom is 0.230 e. The molecule has 7 nitrogen and oxygen atoms in total. The van der Waals surface area contributed by atoms with E-state index in [2.05, 4.69) is 15.4 Å². The second kappa shape index (κ2) is 10.2. The summed E-state index contributed by atoms with van der Waals surface area (Å²) in [6.45, 7) is 0.0459. The number of nitrogens with one attached hydrogen (secondary N) is 1. The summed E-state index contributed by atoms with van der Waals surface area (Å²) in [5.74, 6) is 0.476. The Bertz CT molecular complexity index is 1180. The molecule has 0 saturated heterocycles. The van der Waals surface area contributed by atoms with Crippen molar-refractivity contribution >= 4 is 17.9 Å². The Labute approximate surface area is 191 Å². The van der Waals surface area contributed by atoms with Crippen LogP contribution >= 0.6 is 0 Å². The zero-order chi connectivity index (χ0) is 23.2. The summed E-state index contributed by atoms with van der Waals surface area (Å²) in [5, 5.41) is 17.3. The van der Waals surface area contributed by atoms with Crippen LogP contribution in [0.25, 0.3) is 11.3 Å². The van der Waals surface area contributed by atoms with Gasteiger partial charge in [-0.15, -0.1) is 0 Å². The number of ether oxygens (including phenoxy) is 1. The first-order valence-corrected chi connectivity index (χ1v) is 10.7. The summed E-state index contributed by atoms with van der Waals surface area (Å²) in [7, 11) is 1.57. The molecule has 1 aliphatic rings. The van der Waals surface area contributed by atoms with Crippen molar-refractivity contribution in [2.24, 2.45) is 4.99 Å². The van der Waals surface area contributed by atoms with Crippen LogP contribution < -0.4 is 10.1 Å². The molecule has 0 bridgehead atoms. The van der Waals surface area contributed by atoms with Crippen LogP contribution in [0.15, 0.2) is 65.8 Å². The van der Waals surface area contributed by atoms with Gasteiger partial charge < -0.3 is 15.2 Å². The number of hydrogen-bond donors (Lipinski definition) is 2. The third-order valence-electron chi connectivity index (χ3n) is 5.46. The van der Waals surface area contributed by atoms with Crippen molar-refractivity contribution in [3.8, 4) is 17.0 Å². The summed E-state index contributed by atoms with van der Waals surface area (Å²) in [4.78, 5) is 17.2. The molecule has 33 heavy (non-hydrogen) atoms. The number of allylic oxidation sites excluding steroid dienone is 1. The minimum atomic E-state index is -0.342. The summed E-state index contributed by atoms with van der Waals surface area (Å²) >= 11 is 0. The minimum Gasteiger partial charge on any atom is -0.496 e. The van der Waals surface area contributed by atoms with Gasteiger partial charge in [-0.1, -0.05) is 24.3 Å². The first-order valence-electron chi connectivity index (χ1n) is 10.7. The average molecular weight is 448 g/mol. The monoisotopic (exact) mass is 448 g/mol. The number of halogens is 1. The Morgan fingerprint density at radius 3 is 2.73 bits per heavy atom. The fourth-order valence-corrected chi connectivity index (χ4v) is 3.92. The van der Waals surface area contributed by atoms with Crippen LogP contribution in [0.3, 0.4) is 0 Å². The fraction of sp³-hybridized carbons (Fsp3) is 0.240. The number of anilines is 1. The lowest BCUT2D eigenvalue weighted by atomic mass is 9.92. The zero-order valence-electron chi connectivity index (χ0n) is 18.2. The molecular formula is C25H25FN4O3. The maximum atomic E-state index is 13.5. The number of aliphatic hydroxyl groups is 1. The summed E-state index contributed by atoms with van der Waals surface area (Å²) in [5.41, 5.74) is 2.90. The SMILES string of the molecule is COc1ccccc1CC(=O)Nc1c(C2C=CN=CC2)c(-c2ccc(F)cc2)nn1CCO. The Hall–Kier alpha value is -3.78. The van der Waals surface area contributed by atoms with Gasteiger partial charge in [0.1, 0.15) is 17.4 Å². The van der Waals surface area contributed by atoms with E-state index in [1.54, 1.807) is 30.1 Å². The molecule has 1 unspecified atom stereocenters. The lowest BCUT2D eigenvalue weighted by Gasteiger charge is -2.17. The molecule has 0 saturated carbocycles. The van der Waals surface area contributed by atoms with Gasteiger partial charge in [0.25, 0.3) is 0 Å². The summed E-state index contributed by atoms with van der Waals surface area (Å²) in [6.07, 6.45) is 6.21. The van der Waals surface area contributed by atoms with Crippen LogP contribution in [0, 0.1) is 5.82 Å². The van der Waals surface area contributed by atoms with Crippen molar-refractivity contribution in [3.63, 3.8) is 0 Å². The molecule has 1 aliphatic heterocycles. The lowest BCUT2D eigenvalue weighted by molar-refractivity contribution is -0.115. The topological polar surface area (TPSA) is 88.7 Å². The number of methoxy groups -OCH3 is 1. The zero-order valence-corrected chi connectivity index (χ0v) is 18.2. The van der Waals surface area contributed by atoms with Crippen molar-refractivity contribution in [1.82, 2.24) is 9.78 Å². The van der Waals surface area contributed by atoms with Crippen LogP contribution in [0.5, 0.6) is 5.75 Å². The number of amides is 1. The number of carbonyl (C=O) groups excluding carboxylic acids is 1. The predicted molar refractivity (Wildman–Crippen MR) is 125 cm³/mol. The van der Waals surface area contributed by atoms with E-state index in [1.165, 1.54) is 12.1 Å². The van der Waals surface area contributed by atoms with Gasteiger partial charge in [-0.2, -0.15) is 5.10 Å². The van der Waals surface area contributed by atoms with Gasteiger partial charge in [-0.25, -0.2) is 9.07 Å². The first-order chi connectivity index (χ1) is 16.1. The second-order valence-electron chi connectivity index (χ2n) is 7.62. The van der Waals surface area contributed by atoms with E-state index in [9.17, 15) is 14.3 Å². The molecule has 0 fully saturated rings. The number of hydrogen-bond acceptors (Lipinski definition) is 5. The number of aliphatic imine (C=N–C) groups is 1. The highest BCUT2D eigenvalue weighted by Crippen LogP contribution is 2.38. The lowest BCUT2D eigenvalue weighted by Crippen LogP contribution is -2.20. The number of aromatic nitrogens is 2. The minimum absolute atomic E-state index is 0.0865. The Morgan fingerprint density at radius 1 is 1.24 bits per heavy atom. The number of para-hydroxylation sites is 1. The predicted octanol–water partition coefficient (Wildman–Crippen LogP) is 3.94. The van der Waals surface area contributed by atoms with E-state index in [0.29, 0.717) is 23.7 Å². The van der Waals surface area contributed by atoms with Crippen molar-refractivity contribution in [2.45, 2.75) is 25.3 Å². The van der Waals surface area contributed by atoms with E-state index in [0.717, 1.165) is 16.7 Å². The molecule has 8 heteroatoms. The Morgan fingerprint density at radius 2 is 2.03 bits per heavy atom. The second-order valence-corrected chi connectivity index (χ2v) is 7.62. The quantitative estimate of drug-likeness (QED) is 0.546. The molecule has 2 heterocycles. The molecule has 2 N–H and O–H groups in total. The smallest absolute Gasteiger partial charge is 0.230 e. The molecule has 0 aliphatic carbocycles. The highest BCUT2D eigenvalue weighted by atomic mass is 19.1. The largest absolute Gasteiger partial charge is 0.496 e. The van der Waals surface area contributed by atoms with E-state index in [4.69, 9.17) is 4.74 Å². The van der Waals surface area contributed by atoms with Crippen LogP contribution in [0.4, 0.5) is 10.2 Å². The molecular weight excluding hydrogens is 423 g/mol. The summed E-state index contributed by atoms with van der Waals surface area (Å²) < 4.78 is 20.5. The van der Waals surface area contributed by atoms with Gasteiger partial charge in [-0.05, 0) is 36.8 Å². The molecule has 3 aromatic rings. The molecule has 1 aromatic heterocycles. The van der Waals surface area contributed by atoms with Crippen LogP contribution in [-0.2, 0) is 17.8 Å². The van der Waals surface area contributed by atoms with Gasteiger partial charge in [0, 0.05) is 35.0 Å². The van der Waals surface area contributed by atoms with Crippen molar-refractivity contribution in [1.29, 1.82) is 0 Å². The fourth-order valence-electron chi connectivity index (χ4n) is 3.92. The first kappa shape index (κ1) is 22.4. The number of aliphatic hydroxyl groups excluding tert-OH is 1. The standard InChI is InChI=1S/C25H25FN4O3/c1-33-21-5-3-2-4-19(21)16-22(32)28-25-23(17-10-12-27-13-11-17)24(29-30(25)14-15-31)18-6-8-20(26)9-7-18/h2-10,12-13,17,31H,11,14-16H2,1H3,(H,28,32). The van der Waals surface area contributed by atoms with E-state index >= 15 is 0 Å². The van der Waals surface area contributed by atoms with Crippen LogP contribution in [0.1, 0.15) is 23.5 Å². The molecule has 1 amide bonds. The third-order valence-corrected chi connectivity index (χ3v) is 5.46.